The van der Waals surface area contributed by atoms with Crippen molar-refractivity contribution < 1.29 is 28.8 Å². The van der Waals surface area contributed by atoms with Gasteiger partial charge in [0.05, 0.1) is 16.4 Å². The molecule has 0 N–H and O–H groups in total. The van der Waals surface area contributed by atoms with E-state index in [1.165, 1.54) is 25.1 Å². The molecule has 0 radical (unpaired) electrons. The molecule has 2 amide bonds. The number of thioether (sulfide) groups is 1. The SMILES string of the molecule is CCOC(=O)C(C)N1C(=O)S/C(=C/c2ccccc2OCc2cccc([N+](=O)[O-])c2)C1=O. The minimum atomic E-state index is -1.03. The maximum atomic E-state index is 12.8. The number of nitro groups is 1. The zero-order chi connectivity index (χ0) is 23.3. The summed E-state index contributed by atoms with van der Waals surface area (Å²) in [5, 5.41) is 10.4. The van der Waals surface area contributed by atoms with E-state index in [1.54, 1.807) is 43.3 Å². The third-order valence-corrected chi connectivity index (χ3v) is 5.44. The standard InChI is InChI=1S/C22H20N2O7S/c1-3-30-21(26)14(2)23-20(25)19(32-22(23)27)12-16-8-4-5-10-18(16)31-13-15-7-6-9-17(11-15)24(28)29/h4-12,14H,3,13H2,1-2H3/b19-12+. The van der Waals surface area contributed by atoms with Gasteiger partial charge in [-0.05, 0) is 43.3 Å². The molecule has 166 valence electrons. The molecule has 1 unspecified atom stereocenters. The molecule has 1 aliphatic rings. The predicted molar refractivity (Wildman–Crippen MR) is 118 cm³/mol. The second-order valence-electron chi connectivity index (χ2n) is 6.73. The molecule has 1 aliphatic heterocycles. The highest BCUT2D eigenvalue weighted by molar-refractivity contribution is 8.18. The summed E-state index contributed by atoms with van der Waals surface area (Å²) in [6, 6.07) is 12.0. The lowest BCUT2D eigenvalue weighted by atomic mass is 10.1. The van der Waals surface area contributed by atoms with Gasteiger partial charge in [-0.15, -0.1) is 0 Å². The number of esters is 1. The van der Waals surface area contributed by atoms with Crippen LogP contribution in [0, 0.1) is 10.1 Å². The number of hydrogen-bond donors (Lipinski definition) is 0. The van der Waals surface area contributed by atoms with E-state index in [0.717, 1.165) is 16.7 Å². The number of nitrogens with zero attached hydrogens (tertiary/aromatic N) is 2. The van der Waals surface area contributed by atoms with Gasteiger partial charge in [-0.3, -0.25) is 24.6 Å². The first-order valence-corrected chi connectivity index (χ1v) is 10.5. The number of amides is 2. The Kier molecular flexibility index (Phi) is 7.26. The van der Waals surface area contributed by atoms with Gasteiger partial charge in [-0.25, -0.2) is 4.79 Å². The number of nitro benzene ring substituents is 1. The van der Waals surface area contributed by atoms with Crippen molar-refractivity contribution in [3.05, 3.63) is 74.7 Å². The van der Waals surface area contributed by atoms with Gasteiger partial charge in [-0.2, -0.15) is 0 Å². The molecule has 9 nitrogen and oxygen atoms in total. The Bertz CT molecular complexity index is 1100. The fourth-order valence-corrected chi connectivity index (χ4v) is 3.87. The van der Waals surface area contributed by atoms with E-state index in [0.29, 0.717) is 16.9 Å². The van der Waals surface area contributed by atoms with Crippen molar-refractivity contribution in [1.82, 2.24) is 4.90 Å². The molecule has 1 heterocycles. The summed E-state index contributed by atoms with van der Waals surface area (Å²) in [7, 11) is 0. The quantitative estimate of drug-likeness (QED) is 0.252. The van der Waals surface area contributed by atoms with E-state index in [1.807, 2.05) is 0 Å². The van der Waals surface area contributed by atoms with Crippen LogP contribution in [0.15, 0.2) is 53.4 Å². The van der Waals surface area contributed by atoms with E-state index >= 15 is 0 Å². The molecule has 3 rings (SSSR count). The van der Waals surface area contributed by atoms with Crippen LogP contribution >= 0.6 is 11.8 Å². The normalized spacial score (nSPS) is 15.7. The molecule has 0 spiro atoms. The number of carbonyl (C=O) groups is 3. The van der Waals surface area contributed by atoms with Crippen molar-refractivity contribution in [2.45, 2.75) is 26.5 Å². The number of para-hydroxylation sites is 1. The Morgan fingerprint density at radius 1 is 1.22 bits per heavy atom. The van der Waals surface area contributed by atoms with E-state index in [9.17, 15) is 24.5 Å². The van der Waals surface area contributed by atoms with Gasteiger partial charge in [0.15, 0.2) is 0 Å². The highest BCUT2D eigenvalue weighted by Gasteiger charge is 2.41. The van der Waals surface area contributed by atoms with Crippen LogP contribution < -0.4 is 4.74 Å². The van der Waals surface area contributed by atoms with Crippen LogP contribution in [-0.4, -0.2) is 39.6 Å². The number of non-ortho nitro benzene ring substituents is 1. The first kappa shape index (κ1) is 23.0. The van der Waals surface area contributed by atoms with Gasteiger partial charge < -0.3 is 9.47 Å². The molecule has 1 atom stereocenters. The minimum absolute atomic E-state index is 0.0382. The van der Waals surface area contributed by atoms with Gasteiger partial charge in [0, 0.05) is 17.7 Å². The van der Waals surface area contributed by atoms with Gasteiger partial charge >= 0.3 is 5.97 Å². The van der Waals surface area contributed by atoms with Crippen LogP contribution in [0.2, 0.25) is 0 Å². The molecule has 2 aromatic carbocycles. The summed E-state index contributed by atoms with van der Waals surface area (Å²) < 4.78 is 10.7. The number of imide groups is 1. The molecule has 0 bridgehead atoms. The third kappa shape index (κ3) is 5.14. The lowest BCUT2D eigenvalue weighted by molar-refractivity contribution is -0.384. The molecule has 1 fully saturated rings. The molecular weight excluding hydrogens is 436 g/mol. The molecule has 2 aromatic rings. The monoisotopic (exact) mass is 456 g/mol. The van der Waals surface area contributed by atoms with Crippen LogP contribution in [0.25, 0.3) is 6.08 Å². The summed E-state index contributed by atoms with van der Waals surface area (Å²) in [5.74, 6) is -0.810. The highest BCUT2D eigenvalue weighted by atomic mass is 32.2. The first-order valence-electron chi connectivity index (χ1n) is 9.70. The van der Waals surface area contributed by atoms with Crippen molar-refractivity contribution in [3.63, 3.8) is 0 Å². The van der Waals surface area contributed by atoms with Gasteiger partial charge in [-0.1, -0.05) is 30.3 Å². The van der Waals surface area contributed by atoms with Crippen molar-refractivity contribution in [3.8, 4) is 5.75 Å². The number of hydrogen-bond acceptors (Lipinski definition) is 8. The lowest BCUT2D eigenvalue weighted by Crippen LogP contribution is -2.42. The topological polar surface area (TPSA) is 116 Å². The average Bonchev–Trinajstić information content (AvgIpc) is 3.05. The van der Waals surface area contributed by atoms with Gasteiger partial charge in [0.1, 0.15) is 18.4 Å². The van der Waals surface area contributed by atoms with Crippen LogP contribution in [0.3, 0.4) is 0 Å². The molecule has 32 heavy (non-hydrogen) atoms. The summed E-state index contributed by atoms with van der Waals surface area (Å²) in [6.45, 7) is 3.30. The lowest BCUT2D eigenvalue weighted by Gasteiger charge is -2.19. The van der Waals surface area contributed by atoms with Crippen LogP contribution in [0.5, 0.6) is 5.75 Å². The zero-order valence-corrected chi connectivity index (χ0v) is 18.2. The molecule has 0 saturated carbocycles. The van der Waals surface area contributed by atoms with Crippen LogP contribution in [0.4, 0.5) is 10.5 Å². The Labute approximate surface area is 188 Å². The summed E-state index contributed by atoms with van der Waals surface area (Å²) in [6.07, 6.45) is 1.52. The summed E-state index contributed by atoms with van der Waals surface area (Å²) in [5.41, 5.74) is 1.12. The number of benzene rings is 2. The summed E-state index contributed by atoms with van der Waals surface area (Å²) in [4.78, 5) is 48.6. The first-order chi connectivity index (χ1) is 15.3. The fourth-order valence-electron chi connectivity index (χ4n) is 2.98. The predicted octanol–water partition coefficient (Wildman–Crippen LogP) is 4.16. The van der Waals surface area contributed by atoms with E-state index in [4.69, 9.17) is 9.47 Å². The number of carbonyl (C=O) groups excluding carboxylic acids is 3. The fraction of sp³-hybridized carbons (Fsp3) is 0.227. The van der Waals surface area contributed by atoms with Crippen molar-refractivity contribution >= 4 is 40.6 Å². The Morgan fingerprint density at radius 2 is 1.97 bits per heavy atom. The Morgan fingerprint density at radius 3 is 2.69 bits per heavy atom. The van der Waals surface area contributed by atoms with Gasteiger partial charge in [0.25, 0.3) is 16.8 Å². The number of rotatable bonds is 8. The minimum Gasteiger partial charge on any atom is -0.488 e. The molecule has 0 aliphatic carbocycles. The van der Waals surface area contributed by atoms with E-state index in [2.05, 4.69) is 0 Å². The smallest absolute Gasteiger partial charge is 0.329 e. The van der Waals surface area contributed by atoms with E-state index in [-0.39, 0.29) is 23.8 Å². The van der Waals surface area contributed by atoms with Crippen LogP contribution in [-0.2, 0) is 20.9 Å². The number of ether oxygens (including phenoxy) is 2. The van der Waals surface area contributed by atoms with E-state index < -0.39 is 28.1 Å². The second-order valence-corrected chi connectivity index (χ2v) is 7.73. The highest BCUT2D eigenvalue weighted by Crippen LogP contribution is 2.35. The molecular formula is C22H20N2O7S. The van der Waals surface area contributed by atoms with Crippen molar-refractivity contribution in [1.29, 1.82) is 0 Å². The molecule has 0 aromatic heterocycles. The second kappa shape index (κ2) is 10.1. The summed E-state index contributed by atoms with van der Waals surface area (Å²) >= 11 is 0.729. The zero-order valence-electron chi connectivity index (χ0n) is 17.3. The largest absolute Gasteiger partial charge is 0.488 e. The Hall–Kier alpha value is -3.66. The third-order valence-electron chi connectivity index (χ3n) is 4.56. The molecule has 10 heteroatoms. The maximum Gasteiger partial charge on any atom is 0.329 e. The van der Waals surface area contributed by atoms with Crippen molar-refractivity contribution in [2.24, 2.45) is 0 Å². The maximum absolute atomic E-state index is 12.8. The average molecular weight is 456 g/mol. The molecule has 1 saturated heterocycles. The van der Waals surface area contributed by atoms with Gasteiger partial charge in [0.2, 0.25) is 0 Å². The van der Waals surface area contributed by atoms with Crippen LogP contribution in [0.1, 0.15) is 25.0 Å². The van der Waals surface area contributed by atoms with Crippen molar-refractivity contribution in [2.75, 3.05) is 6.61 Å². The Balaban J connectivity index is 1.79.